The van der Waals surface area contributed by atoms with Gasteiger partial charge in [-0.05, 0) is 117 Å². The summed E-state index contributed by atoms with van der Waals surface area (Å²) in [4.78, 5) is 28.0. The van der Waals surface area contributed by atoms with Gasteiger partial charge in [-0.3, -0.25) is 0 Å². The van der Waals surface area contributed by atoms with E-state index in [9.17, 15) is 60.7 Å². The van der Waals surface area contributed by atoms with Crippen molar-refractivity contribution in [2.24, 2.45) is 47.3 Å². The van der Waals surface area contributed by atoms with Crippen LogP contribution in [0.5, 0.6) is 0 Å². The average Bonchev–Trinajstić information content (AvgIpc) is 0.823. The maximum atomic E-state index is 14.1. The third-order valence-corrected chi connectivity index (χ3v) is 22.6. The molecule has 0 radical (unpaired) electrons. The first-order valence-corrected chi connectivity index (χ1v) is 37.2. The van der Waals surface area contributed by atoms with Gasteiger partial charge in [-0.15, -0.1) is 0 Å². The molecule has 0 saturated carbocycles. The van der Waals surface area contributed by atoms with Gasteiger partial charge in [0, 0.05) is 114 Å². The van der Waals surface area contributed by atoms with Crippen LogP contribution in [0.25, 0.3) is 0 Å². The van der Waals surface area contributed by atoms with Crippen molar-refractivity contribution >= 4 is 11.9 Å². The molecule has 5 aliphatic heterocycles. The van der Waals surface area contributed by atoms with Crippen molar-refractivity contribution in [3.8, 4) is 0 Å². The highest BCUT2D eigenvalue weighted by Crippen LogP contribution is 2.39. The highest BCUT2D eigenvalue weighted by Gasteiger charge is 2.47. The lowest BCUT2D eigenvalue weighted by Gasteiger charge is -2.40. The third kappa shape index (κ3) is 26.9. The van der Waals surface area contributed by atoms with Crippen molar-refractivity contribution in [2.75, 3.05) is 28.4 Å². The number of hydrogen-bond donors (Lipinski definition) is 10. The second-order valence-corrected chi connectivity index (χ2v) is 30.6. The number of methoxy groups -OCH3 is 4. The fraction of sp³-hybridized carbons (Fsp3) is 0.821. The summed E-state index contributed by atoms with van der Waals surface area (Å²) in [5, 5.41) is 119. The second kappa shape index (κ2) is 42.1. The van der Waals surface area contributed by atoms with E-state index in [1.165, 1.54) is 20.3 Å². The van der Waals surface area contributed by atoms with Gasteiger partial charge in [0.1, 0.15) is 12.2 Å². The number of ether oxygens (including phenoxy) is 10. The number of aliphatic hydroxyl groups excluding tert-OH is 8. The molecule has 100 heavy (non-hydrogen) atoms. The molecule has 22 heteroatoms. The van der Waals surface area contributed by atoms with E-state index in [0.29, 0.717) is 44.1 Å². The maximum absolute atomic E-state index is 14.1. The second-order valence-electron chi connectivity index (χ2n) is 30.6. The molecule has 0 aromatic heterocycles. The number of carbonyl (C=O) groups is 2. The fourth-order valence-corrected chi connectivity index (χ4v) is 15.4. The van der Waals surface area contributed by atoms with E-state index in [-0.39, 0.29) is 105 Å². The van der Waals surface area contributed by atoms with Crippen molar-refractivity contribution in [1.82, 2.24) is 0 Å². The zero-order valence-electron chi connectivity index (χ0n) is 63.0. The lowest BCUT2D eigenvalue weighted by Crippen LogP contribution is -2.49. The Bertz CT molecular complexity index is 2590. The third-order valence-electron chi connectivity index (χ3n) is 22.6. The highest BCUT2D eigenvalue weighted by atomic mass is 16.6. The van der Waals surface area contributed by atoms with Crippen molar-refractivity contribution in [3.63, 3.8) is 0 Å². The normalized spacial score (nSPS) is 40.3. The standard InChI is InChI=1S/C78H132O22/c1-45-27-31-58(80)38-60-24-20-26-64(98-60)44-78(90,94-16)56(12)70(84)42-68(82)52(8)75(54(10)73(87)47(3)30-33-62-40-66(92-14)36-50(6)96-62)100-76(88)48(4)21-17-18-22-57(79)37-59-23-19-25-63(97-59)43-77(89,93-15)55(11)69(83)41-67(81)51(7)74(99-71(85)34-28-45)53(9)72(86)46(2)29-32-61-39-65(91-13)35-49(5)95-61/h17-21,23-24,27-28,34,46-47,49-70,72-75,79-84,86-87,89-90H,22,25-26,29-33,35-44H2,1-16H3/t46-,47-,49-,50-,51-,52-,53-,54-,55-,56-,57-,58-,59-,60-,61-,62-,63-,64-,65+,66+,67+,68+,69-,70-,72-,73-,74-,75-,77-,78-/m0/s1. The zero-order chi connectivity index (χ0) is 74.3. The van der Waals surface area contributed by atoms with Crippen LogP contribution in [0.1, 0.15) is 199 Å². The van der Waals surface area contributed by atoms with Crippen LogP contribution < -0.4 is 0 Å². The number of fused-ring (bicyclic) bond motifs is 4. The van der Waals surface area contributed by atoms with Crippen LogP contribution in [-0.2, 0) is 57.0 Å². The smallest absolute Gasteiger partial charge is 0.334 e. The summed E-state index contributed by atoms with van der Waals surface area (Å²) in [5.74, 6) is -11.0. The van der Waals surface area contributed by atoms with Gasteiger partial charge in [0.25, 0.3) is 0 Å². The maximum Gasteiger partial charge on any atom is 0.334 e. The Morgan fingerprint density at radius 2 is 0.960 bits per heavy atom. The van der Waals surface area contributed by atoms with Gasteiger partial charge < -0.3 is 98.4 Å². The minimum atomic E-state index is -1.95. The van der Waals surface area contributed by atoms with Gasteiger partial charge in [0.2, 0.25) is 0 Å². The Kier molecular flexibility index (Phi) is 36.8. The van der Waals surface area contributed by atoms with E-state index in [2.05, 4.69) is 0 Å². The molecule has 0 aliphatic carbocycles. The van der Waals surface area contributed by atoms with Gasteiger partial charge in [0.15, 0.2) is 11.6 Å². The summed E-state index contributed by atoms with van der Waals surface area (Å²) < 4.78 is 60.5. The van der Waals surface area contributed by atoms with Crippen molar-refractivity contribution in [3.05, 3.63) is 71.9 Å². The molecular formula is C78H132O22. The van der Waals surface area contributed by atoms with Gasteiger partial charge >= 0.3 is 11.9 Å². The van der Waals surface area contributed by atoms with Crippen molar-refractivity contribution in [1.29, 1.82) is 0 Å². The molecule has 5 aliphatic rings. The molecule has 0 amide bonds. The lowest BCUT2D eigenvalue weighted by molar-refractivity contribution is -0.256. The summed E-state index contributed by atoms with van der Waals surface area (Å²) in [5.41, 5.74) is 0.837. The Balaban J connectivity index is 1.39. The van der Waals surface area contributed by atoms with Crippen LogP contribution in [-0.4, -0.2) is 225 Å². The topological polar surface area (TPSA) is 329 Å². The van der Waals surface area contributed by atoms with Crippen LogP contribution in [0.3, 0.4) is 0 Å². The van der Waals surface area contributed by atoms with E-state index < -0.39 is 144 Å². The van der Waals surface area contributed by atoms with E-state index in [4.69, 9.17) is 47.4 Å². The van der Waals surface area contributed by atoms with Crippen LogP contribution in [0.15, 0.2) is 71.9 Å². The first-order chi connectivity index (χ1) is 47.1. The fourth-order valence-electron chi connectivity index (χ4n) is 15.4. The number of rotatable bonds is 16. The van der Waals surface area contributed by atoms with Crippen LogP contribution in [0, 0.1) is 47.3 Å². The quantitative estimate of drug-likeness (QED) is 0.0392. The molecule has 0 aromatic rings. The lowest BCUT2D eigenvalue weighted by atomic mass is 9.78. The molecule has 2 fully saturated rings. The number of aliphatic hydroxyl groups is 10. The van der Waals surface area contributed by atoms with E-state index in [0.717, 1.165) is 25.7 Å². The number of carbonyl (C=O) groups excluding carboxylic acids is 2. The summed E-state index contributed by atoms with van der Waals surface area (Å²) in [6.07, 6.45) is 9.93. The van der Waals surface area contributed by atoms with E-state index in [1.807, 2.05) is 52.0 Å². The Morgan fingerprint density at radius 3 is 1.39 bits per heavy atom. The van der Waals surface area contributed by atoms with Gasteiger partial charge in [-0.2, -0.15) is 0 Å². The molecular weight excluding hydrogens is 1290 g/mol. The number of hydrogen-bond acceptors (Lipinski definition) is 22. The van der Waals surface area contributed by atoms with Crippen LogP contribution in [0.4, 0.5) is 0 Å². The molecule has 576 valence electrons. The SMILES string of the molecule is CO[C@H]1C[C@H](CC[C@H](C)[C@H](O)[C@H](C)[C@H]2OC(=O)C=CC(C)=CC[C@H](O)C[C@@H]3C=CC[C@@H](C[C@](O)(OC)[C@@H](C)[C@@H](O)C[C@@H](O)[C@H](C)[C@@H]([C@@H](C)[C@@H](O)[C@@H](C)CC[C@H]4C[C@H](OC)C[C@H](C)O4)OC(=O)C(C)=CC=CC[C@H](O)C[C@@H]4C=CC[C@@H](C[C@](O)(OC)[C@@H](C)[C@@H](O)C[C@@H](O)[C@@H]2C)O4)O3)O[C@@H](C)C1. The highest BCUT2D eigenvalue weighted by molar-refractivity contribution is 5.88. The first kappa shape index (κ1) is 87.3. The molecule has 0 aromatic carbocycles. The minimum Gasteiger partial charge on any atom is -0.458 e. The van der Waals surface area contributed by atoms with Crippen LogP contribution >= 0.6 is 0 Å². The molecule has 5 rings (SSSR count). The van der Waals surface area contributed by atoms with Crippen molar-refractivity contribution < 1.29 is 108 Å². The summed E-state index contributed by atoms with van der Waals surface area (Å²) in [7, 11) is 6.05. The number of allylic oxidation sites excluding steroid dienone is 4. The molecule has 4 bridgehead atoms. The molecule has 10 N–H and O–H groups in total. The number of esters is 2. The molecule has 2 saturated heterocycles. The number of cyclic esters (lactones) is 2. The van der Waals surface area contributed by atoms with E-state index in [1.54, 1.807) is 100.0 Å². The molecule has 30 atom stereocenters. The minimum absolute atomic E-state index is 0.0239. The molecule has 0 spiro atoms. The predicted octanol–water partition coefficient (Wildman–Crippen LogP) is 8.75. The largest absolute Gasteiger partial charge is 0.458 e. The molecule has 5 heterocycles. The summed E-state index contributed by atoms with van der Waals surface area (Å²) in [6, 6.07) is 0. The first-order valence-electron chi connectivity index (χ1n) is 37.2. The predicted molar refractivity (Wildman–Crippen MR) is 380 cm³/mol. The van der Waals surface area contributed by atoms with Crippen molar-refractivity contribution in [2.45, 2.75) is 332 Å². The Morgan fingerprint density at radius 1 is 0.530 bits per heavy atom. The zero-order valence-corrected chi connectivity index (χ0v) is 63.0. The Labute approximate surface area is 597 Å². The molecule has 0 unspecified atom stereocenters. The summed E-state index contributed by atoms with van der Waals surface area (Å²) >= 11 is 0. The van der Waals surface area contributed by atoms with E-state index >= 15 is 0 Å². The molecule has 22 nitrogen and oxygen atoms in total. The van der Waals surface area contributed by atoms with Gasteiger partial charge in [0.05, 0.1) is 110 Å². The Hall–Kier alpha value is -3.34. The monoisotopic (exact) mass is 1420 g/mol. The van der Waals surface area contributed by atoms with Crippen LogP contribution in [0.2, 0.25) is 0 Å². The van der Waals surface area contributed by atoms with Gasteiger partial charge in [-0.1, -0.05) is 116 Å². The average molecular weight is 1420 g/mol. The summed E-state index contributed by atoms with van der Waals surface area (Å²) in [6.45, 7) is 21.4. The van der Waals surface area contributed by atoms with Gasteiger partial charge in [-0.25, -0.2) is 9.59 Å².